The molecule has 1 unspecified atom stereocenters. The molecule has 7 heteroatoms. The number of ether oxygens (including phenoxy) is 1. The maximum atomic E-state index is 5.43. The van der Waals surface area contributed by atoms with Crippen LogP contribution in [0.2, 0.25) is 0 Å². The Labute approximate surface area is 122 Å². The van der Waals surface area contributed by atoms with Gasteiger partial charge in [-0.25, -0.2) is 0 Å². The molecule has 0 N–H and O–H groups in total. The van der Waals surface area contributed by atoms with Gasteiger partial charge in [-0.15, -0.1) is 0 Å². The lowest BCUT2D eigenvalue weighted by molar-refractivity contribution is 0.0683. The molecule has 0 aromatic carbocycles. The number of nitrogens with zero attached hydrogens (tertiary/aromatic N) is 5. The molecule has 0 fully saturated rings. The van der Waals surface area contributed by atoms with Crippen LogP contribution in [0.4, 0.5) is 0 Å². The van der Waals surface area contributed by atoms with Crippen LogP contribution in [0.15, 0.2) is 41.4 Å². The van der Waals surface area contributed by atoms with Gasteiger partial charge in [-0.2, -0.15) is 10.1 Å². The van der Waals surface area contributed by atoms with Crippen LogP contribution >= 0.6 is 0 Å². The highest BCUT2D eigenvalue weighted by Crippen LogP contribution is 2.13. The van der Waals surface area contributed by atoms with Crippen molar-refractivity contribution in [1.29, 1.82) is 0 Å². The van der Waals surface area contributed by atoms with Gasteiger partial charge in [-0.1, -0.05) is 5.16 Å². The largest absolute Gasteiger partial charge is 0.371 e. The number of hydrogen-bond donors (Lipinski definition) is 0. The standard InChI is InChI=1S/C14H17N5O2/c1-3-20-11(2)14-16-13(21-17-14)10-19-9-12(8-15-19)18-6-4-5-7-18/h4-9,11H,3,10H2,1-2H3. The van der Waals surface area contributed by atoms with Crippen LogP contribution in [0.5, 0.6) is 0 Å². The second-order valence-electron chi connectivity index (χ2n) is 4.63. The van der Waals surface area contributed by atoms with Crippen molar-refractivity contribution in [2.24, 2.45) is 0 Å². The quantitative estimate of drug-likeness (QED) is 0.695. The van der Waals surface area contributed by atoms with E-state index < -0.39 is 0 Å². The van der Waals surface area contributed by atoms with Gasteiger partial charge >= 0.3 is 0 Å². The van der Waals surface area contributed by atoms with Gasteiger partial charge in [-0.3, -0.25) is 4.68 Å². The summed E-state index contributed by atoms with van der Waals surface area (Å²) in [6, 6.07) is 3.94. The van der Waals surface area contributed by atoms with E-state index in [1.807, 2.05) is 49.1 Å². The zero-order valence-corrected chi connectivity index (χ0v) is 12.0. The van der Waals surface area contributed by atoms with Crippen molar-refractivity contribution < 1.29 is 9.26 Å². The van der Waals surface area contributed by atoms with Crippen LogP contribution in [0.25, 0.3) is 5.69 Å². The summed E-state index contributed by atoms with van der Waals surface area (Å²) in [6.07, 6.45) is 7.49. The molecule has 110 valence electrons. The van der Waals surface area contributed by atoms with Crippen LogP contribution in [-0.4, -0.2) is 31.1 Å². The molecule has 0 radical (unpaired) electrons. The van der Waals surface area contributed by atoms with Crippen LogP contribution < -0.4 is 0 Å². The van der Waals surface area contributed by atoms with E-state index in [0.29, 0.717) is 24.9 Å². The van der Waals surface area contributed by atoms with Crippen LogP contribution in [0.3, 0.4) is 0 Å². The molecule has 3 heterocycles. The number of rotatable bonds is 6. The van der Waals surface area contributed by atoms with Crippen molar-refractivity contribution >= 4 is 0 Å². The second-order valence-corrected chi connectivity index (χ2v) is 4.63. The molecule has 3 aromatic rings. The second kappa shape index (κ2) is 5.92. The average molecular weight is 287 g/mol. The Balaban J connectivity index is 1.70. The summed E-state index contributed by atoms with van der Waals surface area (Å²) in [6.45, 7) is 4.89. The molecule has 0 aliphatic rings. The Morgan fingerprint density at radius 2 is 2.14 bits per heavy atom. The molecular weight excluding hydrogens is 270 g/mol. The van der Waals surface area contributed by atoms with E-state index in [0.717, 1.165) is 5.69 Å². The summed E-state index contributed by atoms with van der Waals surface area (Å²) in [5.74, 6) is 1.07. The minimum Gasteiger partial charge on any atom is -0.371 e. The predicted octanol–water partition coefficient (Wildman–Crippen LogP) is 2.20. The highest BCUT2D eigenvalue weighted by atomic mass is 16.5. The Bertz CT molecular complexity index is 686. The molecule has 3 rings (SSSR count). The Morgan fingerprint density at radius 1 is 1.33 bits per heavy atom. The van der Waals surface area contributed by atoms with Crippen molar-refractivity contribution in [3.05, 3.63) is 48.6 Å². The van der Waals surface area contributed by atoms with E-state index in [9.17, 15) is 0 Å². The highest BCUT2D eigenvalue weighted by molar-refractivity contribution is 5.26. The Hall–Kier alpha value is -2.41. The van der Waals surface area contributed by atoms with Crippen LogP contribution in [0.1, 0.15) is 31.7 Å². The summed E-state index contributed by atoms with van der Waals surface area (Å²) < 4.78 is 14.4. The lowest BCUT2D eigenvalue weighted by Crippen LogP contribution is -2.03. The molecule has 0 aliphatic heterocycles. The number of hydrogen-bond acceptors (Lipinski definition) is 5. The zero-order chi connectivity index (χ0) is 14.7. The first-order valence-corrected chi connectivity index (χ1v) is 6.86. The van der Waals surface area contributed by atoms with Crippen molar-refractivity contribution in [3.8, 4) is 5.69 Å². The summed E-state index contributed by atoms with van der Waals surface area (Å²) in [7, 11) is 0. The normalized spacial score (nSPS) is 12.7. The molecule has 0 spiro atoms. The molecule has 0 bridgehead atoms. The van der Waals surface area contributed by atoms with Gasteiger partial charge < -0.3 is 13.8 Å². The van der Waals surface area contributed by atoms with Gasteiger partial charge in [0.05, 0.1) is 11.9 Å². The summed E-state index contributed by atoms with van der Waals surface area (Å²) in [5.41, 5.74) is 0.988. The fourth-order valence-corrected chi connectivity index (χ4v) is 2.04. The van der Waals surface area contributed by atoms with E-state index in [1.54, 1.807) is 10.9 Å². The Kier molecular flexibility index (Phi) is 3.83. The first kappa shape index (κ1) is 13.6. The smallest absolute Gasteiger partial charge is 0.248 e. The molecular formula is C14H17N5O2. The van der Waals surface area contributed by atoms with Gasteiger partial charge in [-0.05, 0) is 26.0 Å². The molecule has 1 atom stereocenters. The van der Waals surface area contributed by atoms with Gasteiger partial charge in [0, 0.05) is 25.2 Å². The average Bonchev–Trinajstić information content (AvgIpc) is 3.20. The highest BCUT2D eigenvalue weighted by Gasteiger charge is 2.14. The van der Waals surface area contributed by atoms with Gasteiger partial charge in [0.25, 0.3) is 0 Å². The van der Waals surface area contributed by atoms with E-state index >= 15 is 0 Å². The van der Waals surface area contributed by atoms with Crippen molar-refractivity contribution in [2.75, 3.05) is 6.61 Å². The maximum Gasteiger partial charge on any atom is 0.248 e. The van der Waals surface area contributed by atoms with Gasteiger partial charge in [0.15, 0.2) is 5.82 Å². The minimum absolute atomic E-state index is 0.166. The first-order valence-electron chi connectivity index (χ1n) is 6.86. The molecule has 7 nitrogen and oxygen atoms in total. The monoisotopic (exact) mass is 287 g/mol. The third-order valence-electron chi connectivity index (χ3n) is 3.08. The lowest BCUT2D eigenvalue weighted by atomic mass is 10.4. The topological polar surface area (TPSA) is 70.9 Å². The molecule has 21 heavy (non-hydrogen) atoms. The zero-order valence-electron chi connectivity index (χ0n) is 12.0. The van der Waals surface area contributed by atoms with Gasteiger partial charge in [0.2, 0.25) is 5.89 Å². The predicted molar refractivity (Wildman–Crippen MR) is 75.0 cm³/mol. The van der Waals surface area contributed by atoms with Crippen molar-refractivity contribution in [3.63, 3.8) is 0 Å². The van der Waals surface area contributed by atoms with Crippen molar-refractivity contribution in [1.82, 2.24) is 24.5 Å². The summed E-state index contributed by atoms with van der Waals surface area (Å²) >= 11 is 0. The van der Waals surface area contributed by atoms with E-state index in [4.69, 9.17) is 9.26 Å². The third kappa shape index (κ3) is 3.03. The molecule has 0 saturated carbocycles. The molecule has 0 aliphatic carbocycles. The van der Waals surface area contributed by atoms with Crippen molar-refractivity contribution in [2.45, 2.75) is 26.5 Å². The third-order valence-corrected chi connectivity index (χ3v) is 3.08. The first-order chi connectivity index (χ1) is 10.3. The van der Waals surface area contributed by atoms with Crippen LogP contribution in [0, 0.1) is 0 Å². The molecule has 0 amide bonds. The molecule has 0 saturated heterocycles. The minimum atomic E-state index is -0.166. The van der Waals surface area contributed by atoms with E-state index in [1.165, 1.54) is 0 Å². The lowest BCUT2D eigenvalue weighted by Gasteiger charge is -2.04. The maximum absolute atomic E-state index is 5.43. The number of aromatic nitrogens is 5. The fraction of sp³-hybridized carbons (Fsp3) is 0.357. The molecule has 3 aromatic heterocycles. The van der Waals surface area contributed by atoms with Gasteiger partial charge in [0.1, 0.15) is 12.6 Å². The Morgan fingerprint density at radius 3 is 2.90 bits per heavy atom. The van der Waals surface area contributed by atoms with E-state index in [2.05, 4.69) is 15.2 Å². The SMILES string of the molecule is CCOC(C)c1noc(Cn2cc(-n3cccc3)cn2)n1. The fourth-order valence-electron chi connectivity index (χ4n) is 2.04. The summed E-state index contributed by atoms with van der Waals surface area (Å²) in [5, 5.41) is 8.22. The van der Waals surface area contributed by atoms with E-state index in [-0.39, 0.29) is 6.10 Å². The summed E-state index contributed by atoms with van der Waals surface area (Å²) in [4.78, 5) is 4.33. The van der Waals surface area contributed by atoms with Crippen LogP contribution in [-0.2, 0) is 11.3 Å².